The monoisotopic (exact) mass is 374 g/mol. The van der Waals surface area contributed by atoms with Crippen molar-refractivity contribution in [3.05, 3.63) is 53.7 Å². The van der Waals surface area contributed by atoms with E-state index in [2.05, 4.69) is 9.97 Å². The van der Waals surface area contributed by atoms with Crippen molar-refractivity contribution >= 4 is 21.2 Å². The second-order valence-corrected chi connectivity index (χ2v) is 8.57. The number of hydrogen-bond donors (Lipinski definition) is 0. The number of fused-ring (bicyclic) bond motifs is 1. The Morgan fingerprint density at radius 3 is 2.81 bits per heavy atom. The maximum absolute atomic E-state index is 13.5. The SMILES string of the molecule is Cc1cc(S(=O)(=O)N2CC[C@@H](c3nc4cccnc4n3C)C2)ccc1F. The molecule has 4 rings (SSSR count). The topological polar surface area (TPSA) is 68.1 Å². The van der Waals surface area contributed by atoms with E-state index in [1.165, 1.54) is 22.5 Å². The number of nitrogens with zero attached hydrogens (tertiary/aromatic N) is 4. The van der Waals surface area contributed by atoms with E-state index < -0.39 is 15.8 Å². The zero-order valence-corrected chi connectivity index (χ0v) is 15.4. The maximum atomic E-state index is 13.5. The molecular weight excluding hydrogens is 355 g/mol. The number of pyridine rings is 1. The van der Waals surface area contributed by atoms with Crippen molar-refractivity contribution in [1.82, 2.24) is 18.8 Å². The smallest absolute Gasteiger partial charge is 0.243 e. The van der Waals surface area contributed by atoms with E-state index in [4.69, 9.17) is 0 Å². The summed E-state index contributed by atoms with van der Waals surface area (Å²) in [5.74, 6) is 0.438. The lowest BCUT2D eigenvalue weighted by molar-refractivity contribution is 0.470. The van der Waals surface area contributed by atoms with Gasteiger partial charge in [-0.05, 0) is 49.2 Å². The lowest BCUT2D eigenvalue weighted by Crippen LogP contribution is -2.29. The fourth-order valence-electron chi connectivity index (χ4n) is 3.49. The molecule has 0 saturated carbocycles. The first-order valence-corrected chi connectivity index (χ1v) is 9.85. The van der Waals surface area contributed by atoms with Crippen LogP contribution in [0, 0.1) is 12.7 Å². The van der Waals surface area contributed by atoms with E-state index in [1.807, 2.05) is 23.7 Å². The van der Waals surface area contributed by atoms with Gasteiger partial charge in [-0.1, -0.05) is 0 Å². The highest BCUT2D eigenvalue weighted by Gasteiger charge is 2.35. The second kappa shape index (κ2) is 6.14. The van der Waals surface area contributed by atoms with E-state index in [0.29, 0.717) is 25.1 Å². The number of aryl methyl sites for hydroxylation is 2. The van der Waals surface area contributed by atoms with Gasteiger partial charge in [-0.25, -0.2) is 22.8 Å². The summed E-state index contributed by atoms with van der Waals surface area (Å²) in [6, 6.07) is 7.64. The Bertz CT molecular complexity index is 1090. The van der Waals surface area contributed by atoms with Crippen LogP contribution in [0.2, 0.25) is 0 Å². The summed E-state index contributed by atoms with van der Waals surface area (Å²) in [5.41, 5.74) is 1.92. The molecule has 1 aromatic carbocycles. The average Bonchev–Trinajstić information content (AvgIpc) is 3.23. The Morgan fingerprint density at radius 1 is 1.27 bits per heavy atom. The van der Waals surface area contributed by atoms with Crippen molar-refractivity contribution in [2.45, 2.75) is 24.2 Å². The highest BCUT2D eigenvalue weighted by Crippen LogP contribution is 2.32. The molecule has 6 nitrogen and oxygen atoms in total. The first kappa shape index (κ1) is 17.1. The van der Waals surface area contributed by atoms with Crippen molar-refractivity contribution < 1.29 is 12.8 Å². The second-order valence-electron chi connectivity index (χ2n) is 6.63. The molecule has 0 unspecified atom stereocenters. The first-order valence-electron chi connectivity index (χ1n) is 8.41. The molecule has 26 heavy (non-hydrogen) atoms. The fraction of sp³-hybridized carbons (Fsp3) is 0.333. The van der Waals surface area contributed by atoms with E-state index in [1.54, 1.807) is 13.1 Å². The van der Waals surface area contributed by atoms with Crippen LogP contribution in [0.5, 0.6) is 0 Å². The summed E-state index contributed by atoms with van der Waals surface area (Å²) in [7, 11) is -1.75. The maximum Gasteiger partial charge on any atom is 0.243 e. The zero-order valence-electron chi connectivity index (χ0n) is 14.6. The van der Waals surface area contributed by atoms with E-state index >= 15 is 0 Å². The van der Waals surface area contributed by atoms with Gasteiger partial charge >= 0.3 is 0 Å². The Hall–Kier alpha value is -2.32. The zero-order chi connectivity index (χ0) is 18.5. The number of sulfonamides is 1. The molecule has 1 atom stereocenters. The lowest BCUT2D eigenvalue weighted by atomic mass is 10.1. The third-order valence-corrected chi connectivity index (χ3v) is 6.81. The summed E-state index contributed by atoms with van der Waals surface area (Å²) in [6.45, 7) is 2.34. The van der Waals surface area contributed by atoms with Gasteiger partial charge in [0.05, 0.1) is 4.90 Å². The Labute approximate surface area is 151 Å². The number of hydrogen-bond acceptors (Lipinski definition) is 4. The van der Waals surface area contributed by atoms with Gasteiger partial charge in [0.25, 0.3) is 0 Å². The summed E-state index contributed by atoms with van der Waals surface area (Å²) < 4.78 is 42.6. The standard InChI is InChI=1S/C18H19FN4O2S/c1-12-10-14(5-6-15(12)19)26(24,25)23-9-7-13(11-23)17-21-16-4-3-8-20-18(16)22(17)2/h3-6,8,10,13H,7,9,11H2,1-2H3/t13-/m1/s1. The van der Waals surface area contributed by atoms with E-state index in [-0.39, 0.29) is 10.8 Å². The normalized spacial score (nSPS) is 18.7. The van der Waals surface area contributed by atoms with Crippen molar-refractivity contribution in [2.24, 2.45) is 7.05 Å². The molecule has 1 aliphatic rings. The highest BCUT2D eigenvalue weighted by atomic mass is 32.2. The van der Waals surface area contributed by atoms with Crippen LogP contribution in [-0.2, 0) is 17.1 Å². The first-order chi connectivity index (χ1) is 12.4. The minimum Gasteiger partial charge on any atom is -0.316 e. The summed E-state index contributed by atoms with van der Waals surface area (Å²) in [5, 5.41) is 0. The largest absolute Gasteiger partial charge is 0.316 e. The highest BCUT2D eigenvalue weighted by molar-refractivity contribution is 7.89. The van der Waals surface area contributed by atoms with Gasteiger partial charge in [0.2, 0.25) is 10.0 Å². The van der Waals surface area contributed by atoms with E-state index in [0.717, 1.165) is 17.0 Å². The van der Waals surface area contributed by atoms with Gasteiger partial charge in [-0.3, -0.25) is 0 Å². The molecule has 2 aromatic heterocycles. The van der Waals surface area contributed by atoms with E-state index in [9.17, 15) is 12.8 Å². The van der Waals surface area contributed by atoms with Gasteiger partial charge in [-0.15, -0.1) is 0 Å². The van der Waals surface area contributed by atoms with Crippen LogP contribution in [0.1, 0.15) is 23.7 Å². The van der Waals surface area contributed by atoms with Gasteiger partial charge in [0.1, 0.15) is 17.2 Å². The van der Waals surface area contributed by atoms with Crippen molar-refractivity contribution in [3.8, 4) is 0 Å². The van der Waals surface area contributed by atoms with Gasteiger partial charge < -0.3 is 4.57 Å². The van der Waals surface area contributed by atoms with Gasteiger partial charge in [-0.2, -0.15) is 4.31 Å². The van der Waals surface area contributed by atoms with Gasteiger partial charge in [0.15, 0.2) is 5.65 Å². The lowest BCUT2D eigenvalue weighted by Gasteiger charge is -2.17. The molecule has 1 saturated heterocycles. The van der Waals surface area contributed by atoms with Crippen LogP contribution >= 0.6 is 0 Å². The molecule has 0 bridgehead atoms. The Balaban J connectivity index is 1.63. The quantitative estimate of drug-likeness (QED) is 0.707. The number of benzene rings is 1. The predicted molar refractivity (Wildman–Crippen MR) is 95.8 cm³/mol. The van der Waals surface area contributed by atoms with Crippen LogP contribution in [0.4, 0.5) is 4.39 Å². The molecule has 3 heterocycles. The minimum absolute atomic E-state index is 0.00511. The van der Waals surface area contributed by atoms with Crippen molar-refractivity contribution in [3.63, 3.8) is 0 Å². The summed E-state index contributed by atoms with van der Waals surface area (Å²) >= 11 is 0. The Morgan fingerprint density at radius 2 is 2.08 bits per heavy atom. The molecule has 0 aliphatic carbocycles. The third-order valence-electron chi connectivity index (χ3n) is 4.95. The molecule has 1 aliphatic heterocycles. The molecule has 8 heteroatoms. The van der Waals surface area contributed by atoms with Crippen LogP contribution in [0.25, 0.3) is 11.2 Å². The molecule has 0 radical (unpaired) electrons. The van der Waals surface area contributed by atoms with Crippen LogP contribution in [0.3, 0.4) is 0 Å². The molecule has 136 valence electrons. The van der Waals surface area contributed by atoms with Gasteiger partial charge in [0, 0.05) is 32.3 Å². The summed E-state index contributed by atoms with van der Waals surface area (Å²) in [6.07, 6.45) is 2.41. The van der Waals surface area contributed by atoms with Crippen LogP contribution < -0.4 is 0 Å². The number of aromatic nitrogens is 3. The number of rotatable bonds is 3. The Kier molecular flexibility index (Phi) is 4.04. The molecular formula is C18H19FN4O2S. The molecule has 0 spiro atoms. The average molecular weight is 374 g/mol. The third kappa shape index (κ3) is 2.69. The van der Waals surface area contributed by atoms with Crippen molar-refractivity contribution in [2.75, 3.05) is 13.1 Å². The van der Waals surface area contributed by atoms with Crippen LogP contribution in [-0.4, -0.2) is 40.3 Å². The number of imidazole rings is 1. The fourth-order valence-corrected chi connectivity index (χ4v) is 5.08. The minimum atomic E-state index is -3.65. The number of halogens is 1. The molecule has 3 aromatic rings. The molecule has 1 fully saturated rings. The predicted octanol–water partition coefficient (Wildman–Crippen LogP) is 2.59. The molecule has 0 N–H and O–H groups in total. The molecule has 0 amide bonds. The van der Waals surface area contributed by atoms with Crippen LogP contribution in [0.15, 0.2) is 41.4 Å². The summed E-state index contributed by atoms with van der Waals surface area (Å²) in [4.78, 5) is 9.11. The van der Waals surface area contributed by atoms with Crippen molar-refractivity contribution in [1.29, 1.82) is 0 Å².